The molecular formula is C8H10O. The van der Waals surface area contributed by atoms with Gasteiger partial charge in [0.1, 0.15) is 0 Å². The molecule has 1 N–H and O–H groups in total. The van der Waals surface area contributed by atoms with E-state index in [9.17, 15) is 0 Å². The standard InChI is InChI=1S/C8H10O/c1-3-7-4-5-8(9)6(7)2/h3-4,8-9H,1-2,5H2. The molecule has 1 aliphatic carbocycles. The summed E-state index contributed by atoms with van der Waals surface area (Å²) < 4.78 is 0. The quantitative estimate of drug-likeness (QED) is 0.557. The van der Waals surface area contributed by atoms with Crippen molar-refractivity contribution in [2.24, 2.45) is 0 Å². The number of hydrogen-bond acceptors (Lipinski definition) is 1. The number of hydrogen-bond donors (Lipinski definition) is 1. The van der Waals surface area contributed by atoms with E-state index >= 15 is 0 Å². The molecule has 0 radical (unpaired) electrons. The highest BCUT2D eigenvalue weighted by atomic mass is 16.3. The van der Waals surface area contributed by atoms with Crippen LogP contribution in [0.25, 0.3) is 0 Å². The monoisotopic (exact) mass is 122 g/mol. The summed E-state index contributed by atoms with van der Waals surface area (Å²) >= 11 is 0. The van der Waals surface area contributed by atoms with Crippen molar-refractivity contribution in [3.63, 3.8) is 0 Å². The molecule has 0 aromatic heterocycles. The SMILES string of the molecule is C=CC1=CCC(O)C1=C. The third-order valence-corrected chi connectivity index (χ3v) is 1.55. The van der Waals surface area contributed by atoms with Gasteiger partial charge in [0.2, 0.25) is 0 Å². The zero-order valence-corrected chi connectivity index (χ0v) is 5.30. The second kappa shape index (κ2) is 2.19. The predicted molar refractivity (Wildman–Crippen MR) is 38.0 cm³/mol. The van der Waals surface area contributed by atoms with Gasteiger partial charge >= 0.3 is 0 Å². The van der Waals surface area contributed by atoms with E-state index < -0.39 is 0 Å². The number of aliphatic hydroxyl groups excluding tert-OH is 1. The lowest BCUT2D eigenvalue weighted by Crippen LogP contribution is -2.01. The van der Waals surface area contributed by atoms with Crippen molar-refractivity contribution in [2.45, 2.75) is 12.5 Å². The second-order valence-corrected chi connectivity index (χ2v) is 2.14. The predicted octanol–water partition coefficient (Wildman–Crippen LogP) is 1.42. The first-order chi connectivity index (χ1) is 4.25. The topological polar surface area (TPSA) is 20.2 Å². The molecule has 0 spiro atoms. The largest absolute Gasteiger partial charge is 0.388 e. The van der Waals surface area contributed by atoms with E-state index in [1.165, 1.54) is 0 Å². The van der Waals surface area contributed by atoms with Crippen LogP contribution in [0, 0.1) is 0 Å². The van der Waals surface area contributed by atoms with Crippen molar-refractivity contribution in [2.75, 3.05) is 0 Å². The summed E-state index contributed by atoms with van der Waals surface area (Å²) in [7, 11) is 0. The van der Waals surface area contributed by atoms with Gasteiger partial charge in [-0.1, -0.05) is 25.3 Å². The minimum Gasteiger partial charge on any atom is -0.388 e. The highest BCUT2D eigenvalue weighted by molar-refractivity contribution is 5.43. The smallest absolute Gasteiger partial charge is 0.0824 e. The highest BCUT2D eigenvalue weighted by Gasteiger charge is 2.15. The van der Waals surface area contributed by atoms with Crippen LogP contribution in [0.1, 0.15) is 6.42 Å². The summed E-state index contributed by atoms with van der Waals surface area (Å²) in [5.74, 6) is 0. The van der Waals surface area contributed by atoms with Gasteiger partial charge in [-0.3, -0.25) is 0 Å². The van der Waals surface area contributed by atoms with Crippen molar-refractivity contribution in [3.05, 3.63) is 36.5 Å². The van der Waals surface area contributed by atoms with Crippen LogP contribution in [0.5, 0.6) is 0 Å². The molecule has 1 aliphatic rings. The molecule has 9 heavy (non-hydrogen) atoms. The Morgan fingerprint density at radius 1 is 1.78 bits per heavy atom. The van der Waals surface area contributed by atoms with Crippen molar-refractivity contribution in [1.29, 1.82) is 0 Å². The van der Waals surface area contributed by atoms with Gasteiger partial charge in [-0.25, -0.2) is 0 Å². The number of aliphatic hydroxyl groups is 1. The average molecular weight is 122 g/mol. The van der Waals surface area contributed by atoms with Crippen molar-refractivity contribution in [1.82, 2.24) is 0 Å². The maximum Gasteiger partial charge on any atom is 0.0824 e. The molecule has 0 bridgehead atoms. The van der Waals surface area contributed by atoms with E-state index in [0.717, 1.165) is 11.1 Å². The van der Waals surface area contributed by atoms with Gasteiger partial charge in [0.05, 0.1) is 6.10 Å². The molecule has 48 valence electrons. The Morgan fingerprint density at radius 2 is 2.44 bits per heavy atom. The van der Waals surface area contributed by atoms with Crippen molar-refractivity contribution < 1.29 is 5.11 Å². The molecule has 1 unspecified atom stereocenters. The maximum atomic E-state index is 9.10. The van der Waals surface area contributed by atoms with E-state index in [0.29, 0.717) is 6.42 Å². The molecule has 0 fully saturated rings. The fraction of sp³-hybridized carbons (Fsp3) is 0.250. The minimum absolute atomic E-state index is 0.363. The first-order valence-corrected chi connectivity index (χ1v) is 2.95. The van der Waals surface area contributed by atoms with E-state index in [4.69, 9.17) is 5.11 Å². The molecule has 0 aromatic rings. The van der Waals surface area contributed by atoms with Crippen LogP contribution < -0.4 is 0 Å². The summed E-state index contributed by atoms with van der Waals surface area (Å²) in [6.45, 7) is 7.29. The first kappa shape index (κ1) is 6.30. The van der Waals surface area contributed by atoms with E-state index in [1.54, 1.807) is 6.08 Å². The Morgan fingerprint density at radius 3 is 2.67 bits per heavy atom. The lowest BCUT2D eigenvalue weighted by Gasteiger charge is -2.01. The molecule has 1 rings (SSSR count). The number of rotatable bonds is 1. The average Bonchev–Trinajstić information content (AvgIpc) is 2.15. The molecule has 0 amide bonds. The molecule has 0 saturated carbocycles. The zero-order chi connectivity index (χ0) is 6.85. The van der Waals surface area contributed by atoms with Gasteiger partial charge in [0.25, 0.3) is 0 Å². The fourth-order valence-electron chi connectivity index (χ4n) is 0.919. The Balaban J connectivity index is 2.78. The van der Waals surface area contributed by atoms with Crippen LogP contribution in [0.3, 0.4) is 0 Å². The summed E-state index contributed by atoms with van der Waals surface area (Å²) in [4.78, 5) is 0. The third kappa shape index (κ3) is 0.958. The molecule has 0 aliphatic heterocycles. The molecule has 1 atom stereocenters. The lowest BCUT2D eigenvalue weighted by molar-refractivity contribution is 0.224. The van der Waals surface area contributed by atoms with Gasteiger partial charge in [0, 0.05) is 0 Å². The van der Waals surface area contributed by atoms with E-state index in [1.807, 2.05) is 6.08 Å². The Labute approximate surface area is 55.0 Å². The molecule has 0 heterocycles. The van der Waals surface area contributed by atoms with Crippen LogP contribution in [0.15, 0.2) is 36.5 Å². The third-order valence-electron chi connectivity index (χ3n) is 1.55. The van der Waals surface area contributed by atoms with Gasteiger partial charge in [-0.15, -0.1) is 0 Å². The Bertz CT molecular complexity index is 177. The molecule has 1 heteroatoms. The van der Waals surface area contributed by atoms with E-state index in [-0.39, 0.29) is 6.10 Å². The highest BCUT2D eigenvalue weighted by Crippen LogP contribution is 2.23. The van der Waals surface area contributed by atoms with Crippen molar-refractivity contribution >= 4 is 0 Å². The summed E-state index contributed by atoms with van der Waals surface area (Å²) in [5, 5.41) is 9.10. The van der Waals surface area contributed by atoms with Crippen LogP contribution in [-0.2, 0) is 0 Å². The van der Waals surface area contributed by atoms with Crippen LogP contribution >= 0.6 is 0 Å². The summed E-state index contributed by atoms with van der Waals surface area (Å²) in [6, 6.07) is 0. The normalized spacial score (nSPS) is 26.1. The van der Waals surface area contributed by atoms with Gasteiger partial charge < -0.3 is 5.11 Å². The molecule has 0 aromatic carbocycles. The Kier molecular flexibility index (Phi) is 1.54. The van der Waals surface area contributed by atoms with Crippen molar-refractivity contribution in [3.8, 4) is 0 Å². The zero-order valence-electron chi connectivity index (χ0n) is 5.30. The van der Waals surface area contributed by atoms with Crippen LogP contribution in [0.4, 0.5) is 0 Å². The number of allylic oxidation sites excluding steroid dienone is 1. The van der Waals surface area contributed by atoms with Crippen LogP contribution in [-0.4, -0.2) is 11.2 Å². The van der Waals surface area contributed by atoms with Gasteiger partial charge in [-0.2, -0.15) is 0 Å². The summed E-state index contributed by atoms with van der Waals surface area (Å²) in [6.07, 6.45) is 4.00. The van der Waals surface area contributed by atoms with Gasteiger partial charge in [0.15, 0.2) is 0 Å². The second-order valence-electron chi connectivity index (χ2n) is 2.14. The molecular weight excluding hydrogens is 112 g/mol. The summed E-state index contributed by atoms with van der Waals surface area (Å²) in [5.41, 5.74) is 1.78. The fourth-order valence-corrected chi connectivity index (χ4v) is 0.919. The van der Waals surface area contributed by atoms with Crippen LogP contribution in [0.2, 0.25) is 0 Å². The van der Waals surface area contributed by atoms with E-state index in [2.05, 4.69) is 13.2 Å². The molecule has 1 nitrogen and oxygen atoms in total. The maximum absolute atomic E-state index is 9.10. The Hall–Kier alpha value is -0.820. The van der Waals surface area contributed by atoms with Gasteiger partial charge in [-0.05, 0) is 17.6 Å². The minimum atomic E-state index is -0.363. The lowest BCUT2D eigenvalue weighted by atomic mass is 10.1. The molecule has 0 saturated heterocycles. The first-order valence-electron chi connectivity index (χ1n) is 2.95.